The molecule has 1 aliphatic heterocycles. The third-order valence-corrected chi connectivity index (χ3v) is 5.82. The molecule has 1 N–H and O–H groups in total. The van der Waals surface area contributed by atoms with Crippen molar-refractivity contribution in [2.45, 2.75) is 24.9 Å². The molecule has 2 aromatic rings. The first kappa shape index (κ1) is 18.4. The smallest absolute Gasteiger partial charge is 0.250 e. The third kappa shape index (κ3) is 3.79. The van der Waals surface area contributed by atoms with E-state index >= 15 is 0 Å². The van der Waals surface area contributed by atoms with Gasteiger partial charge in [-0.2, -0.15) is 5.10 Å². The van der Waals surface area contributed by atoms with Crippen molar-refractivity contribution in [3.8, 4) is 0 Å². The van der Waals surface area contributed by atoms with Crippen LogP contribution in [0, 0.1) is 0 Å². The van der Waals surface area contributed by atoms with Crippen molar-refractivity contribution < 1.29 is 4.79 Å². The average molecular weight is 420 g/mol. The van der Waals surface area contributed by atoms with Gasteiger partial charge in [-0.1, -0.05) is 0 Å². The number of halogens is 2. The summed E-state index contributed by atoms with van der Waals surface area (Å²) in [5.41, 5.74) is -0.558. The highest BCUT2D eigenvalue weighted by Crippen LogP contribution is 2.30. The first-order chi connectivity index (χ1) is 10.6. The molecular formula is C15H20BrClN4OS. The van der Waals surface area contributed by atoms with E-state index in [-0.39, 0.29) is 18.3 Å². The second-order valence-electron chi connectivity index (χ2n) is 5.62. The molecule has 0 bridgehead atoms. The van der Waals surface area contributed by atoms with Gasteiger partial charge in [0.15, 0.2) is 0 Å². The Morgan fingerprint density at radius 2 is 2.26 bits per heavy atom. The predicted molar refractivity (Wildman–Crippen MR) is 98.0 cm³/mol. The molecule has 23 heavy (non-hydrogen) atoms. The number of hydrogen-bond donors (Lipinski definition) is 1. The maximum Gasteiger partial charge on any atom is 0.250 e. The maximum absolute atomic E-state index is 13.2. The van der Waals surface area contributed by atoms with Crippen LogP contribution >= 0.6 is 39.7 Å². The van der Waals surface area contributed by atoms with Crippen LogP contribution < -0.4 is 5.32 Å². The zero-order valence-electron chi connectivity index (χ0n) is 12.9. The second-order valence-corrected chi connectivity index (χ2v) is 7.54. The lowest BCUT2D eigenvalue weighted by Crippen LogP contribution is -2.54. The molecule has 0 unspecified atom stereocenters. The van der Waals surface area contributed by atoms with Gasteiger partial charge in [0.25, 0.3) is 5.91 Å². The van der Waals surface area contributed by atoms with Crippen LogP contribution in [-0.2, 0) is 16.9 Å². The topological polar surface area (TPSA) is 50.2 Å². The Morgan fingerprint density at radius 1 is 1.52 bits per heavy atom. The zero-order valence-corrected chi connectivity index (χ0v) is 16.1. The van der Waals surface area contributed by atoms with E-state index in [1.807, 2.05) is 34.3 Å². The molecule has 5 nitrogen and oxygen atoms in total. The van der Waals surface area contributed by atoms with E-state index in [1.165, 1.54) is 4.88 Å². The minimum atomic E-state index is -0.558. The van der Waals surface area contributed by atoms with Gasteiger partial charge in [0.2, 0.25) is 0 Å². The summed E-state index contributed by atoms with van der Waals surface area (Å²) in [5, 5.41) is 9.74. The number of thiophene rings is 1. The molecule has 1 aliphatic rings. The monoisotopic (exact) mass is 418 g/mol. The van der Waals surface area contributed by atoms with Crippen molar-refractivity contribution >= 4 is 45.6 Å². The van der Waals surface area contributed by atoms with E-state index in [2.05, 4.69) is 32.4 Å². The molecule has 0 radical (unpaired) electrons. The molecular weight excluding hydrogens is 400 g/mol. The van der Waals surface area contributed by atoms with E-state index in [1.54, 1.807) is 17.5 Å². The summed E-state index contributed by atoms with van der Waals surface area (Å²) < 4.78 is 2.91. The average Bonchev–Trinajstić information content (AvgIpc) is 3.19. The van der Waals surface area contributed by atoms with Crippen molar-refractivity contribution in [1.82, 2.24) is 20.0 Å². The van der Waals surface area contributed by atoms with Crippen molar-refractivity contribution in [2.24, 2.45) is 0 Å². The number of piperidine rings is 1. The van der Waals surface area contributed by atoms with Gasteiger partial charge in [-0.05, 0) is 54.0 Å². The normalized spacial score (nSPS) is 16.6. The van der Waals surface area contributed by atoms with Crippen LogP contribution in [0.5, 0.6) is 0 Å². The number of hydrogen-bond acceptors (Lipinski definition) is 4. The highest BCUT2D eigenvalue weighted by atomic mass is 79.9. The van der Waals surface area contributed by atoms with E-state index in [0.717, 1.165) is 30.4 Å². The minimum absolute atomic E-state index is 0. The molecule has 1 saturated heterocycles. The molecule has 3 rings (SSSR count). The fourth-order valence-corrected chi connectivity index (χ4v) is 4.50. The van der Waals surface area contributed by atoms with Crippen molar-refractivity contribution in [1.29, 1.82) is 0 Å². The molecule has 0 aromatic carbocycles. The molecule has 2 aromatic heterocycles. The molecule has 1 fully saturated rings. The Kier molecular flexibility index (Phi) is 6.25. The number of amides is 1. The van der Waals surface area contributed by atoms with E-state index < -0.39 is 5.54 Å². The van der Waals surface area contributed by atoms with Gasteiger partial charge >= 0.3 is 0 Å². The summed E-state index contributed by atoms with van der Waals surface area (Å²) in [6.45, 7) is 2.31. The van der Waals surface area contributed by atoms with Gasteiger partial charge < -0.3 is 10.2 Å². The summed E-state index contributed by atoms with van der Waals surface area (Å²) in [7, 11) is 1.88. The standard InChI is InChI=1S/C15H19BrN4OS.ClH/c1-19(10-13-9-12(16)11-22-13)14(21)15(3-6-17-7-4-15)20-8-2-5-18-20;/h2,5,8-9,11,17H,3-4,6-7,10H2,1H3;1H. The number of carbonyl (C=O) groups is 1. The number of nitrogens with one attached hydrogen (secondary N) is 1. The van der Waals surface area contributed by atoms with Gasteiger partial charge in [0.05, 0.1) is 6.54 Å². The van der Waals surface area contributed by atoms with Crippen molar-refractivity contribution in [3.05, 3.63) is 39.3 Å². The number of likely N-dealkylation sites (N-methyl/N-ethyl adjacent to an activating group) is 1. The predicted octanol–water partition coefficient (Wildman–Crippen LogP) is 2.87. The Balaban J connectivity index is 0.00000192. The molecule has 126 valence electrons. The van der Waals surface area contributed by atoms with Crippen LogP contribution in [0.1, 0.15) is 17.7 Å². The summed E-state index contributed by atoms with van der Waals surface area (Å²) >= 11 is 5.13. The molecule has 0 spiro atoms. The number of aromatic nitrogens is 2. The van der Waals surface area contributed by atoms with Crippen LogP contribution in [0.3, 0.4) is 0 Å². The van der Waals surface area contributed by atoms with Crippen LogP contribution in [0.15, 0.2) is 34.4 Å². The lowest BCUT2D eigenvalue weighted by atomic mass is 9.87. The van der Waals surface area contributed by atoms with Gasteiger partial charge in [-0.3, -0.25) is 9.48 Å². The van der Waals surface area contributed by atoms with Crippen molar-refractivity contribution in [2.75, 3.05) is 20.1 Å². The third-order valence-electron chi connectivity index (χ3n) is 4.13. The molecule has 0 atom stereocenters. The van der Waals surface area contributed by atoms with Gasteiger partial charge in [-0.25, -0.2) is 0 Å². The van der Waals surface area contributed by atoms with Gasteiger partial charge in [-0.15, -0.1) is 23.7 Å². The highest BCUT2D eigenvalue weighted by molar-refractivity contribution is 9.10. The lowest BCUT2D eigenvalue weighted by Gasteiger charge is -2.39. The molecule has 8 heteroatoms. The number of nitrogens with zero attached hydrogens (tertiary/aromatic N) is 3. The Bertz CT molecular complexity index is 640. The van der Waals surface area contributed by atoms with Crippen molar-refractivity contribution in [3.63, 3.8) is 0 Å². The Hall–Kier alpha value is -0.890. The quantitative estimate of drug-likeness (QED) is 0.829. The van der Waals surface area contributed by atoms with Crippen LogP contribution in [0.25, 0.3) is 0 Å². The molecule has 3 heterocycles. The maximum atomic E-state index is 13.2. The largest absolute Gasteiger partial charge is 0.339 e. The number of rotatable bonds is 4. The van der Waals surface area contributed by atoms with Crippen LogP contribution in [0.4, 0.5) is 0 Å². The highest BCUT2D eigenvalue weighted by Gasteiger charge is 2.43. The van der Waals surface area contributed by atoms with Crippen LogP contribution in [0.2, 0.25) is 0 Å². The zero-order chi connectivity index (χ0) is 15.6. The van der Waals surface area contributed by atoms with E-state index in [9.17, 15) is 4.79 Å². The van der Waals surface area contributed by atoms with Crippen LogP contribution in [-0.4, -0.2) is 40.7 Å². The molecule has 0 aliphatic carbocycles. The SMILES string of the molecule is CN(Cc1cc(Br)cs1)C(=O)C1(n2cccn2)CCNCC1.Cl. The Morgan fingerprint density at radius 3 is 2.83 bits per heavy atom. The lowest BCUT2D eigenvalue weighted by molar-refractivity contribution is -0.142. The van der Waals surface area contributed by atoms with Gasteiger partial charge in [0.1, 0.15) is 5.54 Å². The summed E-state index contributed by atoms with van der Waals surface area (Å²) in [5.74, 6) is 0.141. The minimum Gasteiger partial charge on any atom is -0.339 e. The van der Waals surface area contributed by atoms with Gasteiger partial charge in [0, 0.05) is 34.2 Å². The first-order valence-corrected chi connectivity index (χ1v) is 8.98. The summed E-state index contributed by atoms with van der Waals surface area (Å²) in [4.78, 5) is 16.2. The summed E-state index contributed by atoms with van der Waals surface area (Å²) in [6.07, 6.45) is 5.18. The summed E-state index contributed by atoms with van der Waals surface area (Å²) in [6, 6.07) is 3.95. The Labute approximate surface area is 154 Å². The fraction of sp³-hybridized carbons (Fsp3) is 0.467. The second kappa shape index (κ2) is 7.79. The fourth-order valence-electron chi connectivity index (χ4n) is 3.00. The number of carbonyl (C=O) groups excluding carboxylic acids is 1. The molecule has 1 amide bonds. The van der Waals surface area contributed by atoms with E-state index in [0.29, 0.717) is 6.54 Å². The molecule has 0 saturated carbocycles. The van der Waals surface area contributed by atoms with E-state index in [4.69, 9.17) is 0 Å². The first-order valence-electron chi connectivity index (χ1n) is 7.31.